The molecule has 0 unspecified atom stereocenters. The molecule has 0 aliphatic carbocycles. The first kappa shape index (κ1) is 15.9. The highest BCUT2D eigenvalue weighted by Crippen LogP contribution is 2.17. The number of piperazine rings is 1. The van der Waals surface area contributed by atoms with Gasteiger partial charge in [-0.3, -0.25) is 14.8 Å². The summed E-state index contributed by atoms with van der Waals surface area (Å²) in [5.41, 5.74) is -0.134. The number of likely N-dealkylation sites (N-methyl/N-ethyl adjacent to an activating group) is 1. The van der Waals surface area contributed by atoms with Gasteiger partial charge in [-0.05, 0) is 0 Å². The van der Waals surface area contributed by atoms with Crippen molar-refractivity contribution in [3.8, 4) is 0 Å². The second-order valence-electron chi connectivity index (χ2n) is 6.58. The topological polar surface area (TPSA) is 77.1 Å². The maximum absolute atomic E-state index is 12.3. The zero-order chi connectivity index (χ0) is 15.5. The van der Waals surface area contributed by atoms with E-state index in [-0.39, 0.29) is 17.1 Å². The molecule has 1 fully saturated rings. The van der Waals surface area contributed by atoms with E-state index in [1.165, 1.54) is 0 Å². The van der Waals surface area contributed by atoms with Crippen molar-refractivity contribution in [3.05, 3.63) is 11.6 Å². The highest BCUT2D eigenvalue weighted by molar-refractivity contribution is 5.90. The van der Waals surface area contributed by atoms with E-state index >= 15 is 0 Å². The standard InChI is InChI=1S/C14H26N6O/c1-14(2,3)13-16-11(17-18-13)12(21)19(4)9-10-20-7-5-15-6-8-20/h15H,5-10H2,1-4H3,(H,16,17,18). The second-order valence-corrected chi connectivity index (χ2v) is 6.58. The predicted molar refractivity (Wildman–Crippen MR) is 81.4 cm³/mol. The first-order valence-electron chi connectivity index (χ1n) is 7.49. The Balaban J connectivity index is 1.88. The van der Waals surface area contributed by atoms with E-state index in [0.29, 0.717) is 6.54 Å². The number of carbonyl (C=O) groups is 1. The van der Waals surface area contributed by atoms with Gasteiger partial charge < -0.3 is 10.2 Å². The predicted octanol–water partition coefficient (Wildman–Crippen LogP) is 0.0794. The lowest BCUT2D eigenvalue weighted by atomic mass is 9.96. The zero-order valence-electron chi connectivity index (χ0n) is 13.4. The molecule has 0 saturated carbocycles. The van der Waals surface area contributed by atoms with E-state index in [0.717, 1.165) is 38.5 Å². The van der Waals surface area contributed by atoms with Gasteiger partial charge in [0.1, 0.15) is 5.82 Å². The molecule has 0 spiro atoms. The van der Waals surface area contributed by atoms with Crippen LogP contribution in [-0.2, 0) is 5.41 Å². The molecule has 7 heteroatoms. The minimum Gasteiger partial charge on any atom is -0.338 e. The van der Waals surface area contributed by atoms with Gasteiger partial charge in [-0.2, -0.15) is 0 Å². The van der Waals surface area contributed by atoms with Crippen LogP contribution in [0.5, 0.6) is 0 Å². The summed E-state index contributed by atoms with van der Waals surface area (Å²) in [5, 5.41) is 10.2. The Bertz CT molecular complexity index is 472. The van der Waals surface area contributed by atoms with Crippen LogP contribution in [0.4, 0.5) is 0 Å². The molecule has 2 N–H and O–H groups in total. The summed E-state index contributed by atoms with van der Waals surface area (Å²) in [6, 6.07) is 0. The van der Waals surface area contributed by atoms with Gasteiger partial charge in [0.15, 0.2) is 0 Å². The molecule has 7 nitrogen and oxygen atoms in total. The molecule has 118 valence electrons. The Morgan fingerprint density at radius 1 is 1.33 bits per heavy atom. The monoisotopic (exact) mass is 294 g/mol. The number of amides is 1. The van der Waals surface area contributed by atoms with Crippen LogP contribution >= 0.6 is 0 Å². The Hall–Kier alpha value is -1.47. The summed E-state index contributed by atoms with van der Waals surface area (Å²) < 4.78 is 0. The molecule has 1 aliphatic heterocycles. The van der Waals surface area contributed by atoms with Crippen LogP contribution in [0.25, 0.3) is 0 Å². The fourth-order valence-electron chi connectivity index (χ4n) is 2.19. The minimum absolute atomic E-state index is 0.128. The molecule has 1 aromatic rings. The molecule has 2 heterocycles. The van der Waals surface area contributed by atoms with Crippen LogP contribution < -0.4 is 5.32 Å². The van der Waals surface area contributed by atoms with Crippen molar-refractivity contribution in [2.24, 2.45) is 0 Å². The summed E-state index contributed by atoms with van der Waals surface area (Å²) in [6.07, 6.45) is 0. The van der Waals surface area contributed by atoms with Crippen LogP contribution in [0, 0.1) is 0 Å². The lowest BCUT2D eigenvalue weighted by molar-refractivity contribution is 0.0763. The third-order valence-electron chi connectivity index (χ3n) is 3.70. The molecule has 0 aromatic carbocycles. The molecule has 1 aromatic heterocycles. The number of hydrogen-bond acceptors (Lipinski definition) is 5. The van der Waals surface area contributed by atoms with E-state index in [1.807, 2.05) is 20.8 Å². The Morgan fingerprint density at radius 2 is 2.00 bits per heavy atom. The molecule has 1 aliphatic rings. The summed E-state index contributed by atoms with van der Waals surface area (Å²) >= 11 is 0. The van der Waals surface area contributed by atoms with Gasteiger partial charge in [-0.25, -0.2) is 4.98 Å². The van der Waals surface area contributed by atoms with Gasteiger partial charge in [0.25, 0.3) is 5.91 Å². The number of aromatic amines is 1. The lowest BCUT2D eigenvalue weighted by Crippen LogP contribution is -2.46. The maximum atomic E-state index is 12.3. The normalized spacial score (nSPS) is 17.0. The van der Waals surface area contributed by atoms with E-state index in [9.17, 15) is 4.79 Å². The summed E-state index contributed by atoms with van der Waals surface area (Å²) in [6.45, 7) is 11.8. The third kappa shape index (κ3) is 4.25. The van der Waals surface area contributed by atoms with Gasteiger partial charge >= 0.3 is 0 Å². The molecule has 1 saturated heterocycles. The molecule has 0 atom stereocenters. The molecule has 21 heavy (non-hydrogen) atoms. The quantitative estimate of drug-likeness (QED) is 0.822. The van der Waals surface area contributed by atoms with Crippen LogP contribution in [0.1, 0.15) is 37.2 Å². The van der Waals surface area contributed by atoms with Gasteiger partial charge in [0, 0.05) is 51.7 Å². The molecule has 2 rings (SSSR count). The average molecular weight is 294 g/mol. The van der Waals surface area contributed by atoms with Crippen LogP contribution in [0.3, 0.4) is 0 Å². The number of nitrogens with zero attached hydrogens (tertiary/aromatic N) is 4. The highest BCUT2D eigenvalue weighted by atomic mass is 16.2. The largest absolute Gasteiger partial charge is 0.338 e. The van der Waals surface area contributed by atoms with Gasteiger partial charge in [0.05, 0.1) is 0 Å². The number of nitrogens with one attached hydrogen (secondary N) is 2. The van der Waals surface area contributed by atoms with Crippen molar-refractivity contribution in [3.63, 3.8) is 0 Å². The maximum Gasteiger partial charge on any atom is 0.293 e. The van der Waals surface area contributed by atoms with E-state index in [1.54, 1.807) is 11.9 Å². The molecular weight excluding hydrogens is 268 g/mol. The Kier molecular flexibility index (Phi) is 4.95. The number of carbonyl (C=O) groups excluding carboxylic acids is 1. The SMILES string of the molecule is CN(CCN1CCNCC1)C(=O)c1n[nH]c(C(C)(C)C)n1. The van der Waals surface area contributed by atoms with Crippen molar-refractivity contribution < 1.29 is 4.79 Å². The first-order valence-corrected chi connectivity index (χ1v) is 7.49. The first-order chi connectivity index (χ1) is 9.88. The van der Waals surface area contributed by atoms with Crippen molar-refractivity contribution in [2.75, 3.05) is 46.3 Å². The number of H-pyrrole nitrogens is 1. The lowest BCUT2D eigenvalue weighted by Gasteiger charge is -2.28. The summed E-state index contributed by atoms with van der Waals surface area (Å²) in [5.74, 6) is 0.862. The van der Waals surface area contributed by atoms with Crippen molar-refractivity contribution in [2.45, 2.75) is 26.2 Å². The van der Waals surface area contributed by atoms with Crippen molar-refractivity contribution in [1.29, 1.82) is 0 Å². The Labute approximate surface area is 126 Å². The van der Waals surface area contributed by atoms with Crippen molar-refractivity contribution in [1.82, 2.24) is 30.3 Å². The molecular formula is C14H26N6O. The number of hydrogen-bond donors (Lipinski definition) is 2. The van der Waals surface area contributed by atoms with E-state index in [2.05, 4.69) is 25.4 Å². The average Bonchev–Trinajstić information content (AvgIpc) is 2.95. The molecule has 1 amide bonds. The fourth-order valence-corrected chi connectivity index (χ4v) is 2.19. The summed E-state index contributed by atoms with van der Waals surface area (Å²) in [4.78, 5) is 20.7. The number of aromatic nitrogens is 3. The van der Waals surface area contributed by atoms with Gasteiger partial charge in [-0.15, -0.1) is 5.10 Å². The number of rotatable bonds is 4. The molecule has 0 bridgehead atoms. The van der Waals surface area contributed by atoms with Gasteiger partial charge in [0.2, 0.25) is 5.82 Å². The van der Waals surface area contributed by atoms with Crippen LogP contribution in [0.15, 0.2) is 0 Å². The smallest absolute Gasteiger partial charge is 0.293 e. The third-order valence-corrected chi connectivity index (χ3v) is 3.70. The fraction of sp³-hybridized carbons (Fsp3) is 0.786. The van der Waals surface area contributed by atoms with E-state index < -0.39 is 0 Å². The van der Waals surface area contributed by atoms with Crippen LogP contribution in [-0.4, -0.2) is 77.2 Å². The van der Waals surface area contributed by atoms with Crippen LogP contribution in [0.2, 0.25) is 0 Å². The molecule has 0 radical (unpaired) electrons. The van der Waals surface area contributed by atoms with E-state index in [4.69, 9.17) is 0 Å². The zero-order valence-corrected chi connectivity index (χ0v) is 13.4. The highest BCUT2D eigenvalue weighted by Gasteiger charge is 2.23. The second kappa shape index (κ2) is 6.53. The summed E-state index contributed by atoms with van der Waals surface area (Å²) in [7, 11) is 1.80. The van der Waals surface area contributed by atoms with Gasteiger partial charge in [-0.1, -0.05) is 20.8 Å². The van der Waals surface area contributed by atoms with Crippen molar-refractivity contribution >= 4 is 5.91 Å². The Morgan fingerprint density at radius 3 is 2.57 bits per heavy atom. The minimum atomic E-state index is -0.134.